The van der Waals surface area contributed by atoms with E-state index in [1.807, 2.05) is 118 Å². The molecule has 16 nitrogen and oxygen atoms in total. The molecule has 0 bridgehead atoms. The van der Waals surface area contributed by atoms with E-state index in [9.17, 15) is 22.8 Å². The smallest absolute Gasteiger partial charge is 0.485 e. The topological polar surface area (TPSA) is 200 Å². The zero-order valence-electron chi connectivity index (χ0n) is 38.1. The van der Waals surface area contributed by atoms with Gasteiger partial charge >= 0.3 is 17.4 Å². The number of carbonyl (C=O) groups excluding carboxylic acids is 2. The van der Waals surface area contributed by atoms with E-state index in [0.29, 0.717) is 140 Å². The van der Waals surface area contributed by atoms with Crippen LogP contribution in [0.5, 0.6) is 23.0 Å². The van der Waals surface area contributed by atoms with E-state index in [0.717, 1.165) is 22.3 Å². The lowest BCUT2D eigenvalue weighted by molar-refractivity contribution is -0.656. The van der Waals surface area contributed by atoms with E-state index in [2.05, 4.69) is 0 Å². The Kier molecular flexibility index (Phi) is 25.6. The number of carbonyl (C=O) groups is 2. The number of benzene rings is 4. The lowest BCUT2D eigenvalue weighted by Crippen LogP contribution is -2.86. The van der Waals surface area contributed by atoms with E-state index in [1.54, 1.807) is 0 Å². The Balaban J connectivity index is 0.000000309. The number of hydrogen-bond donors (Lipinski definition) is 1. The lowest BCUT2D eigenvalue weighted by Gasteiger charge is -2.14. The molecule has 67 heavy (non-hydrogen) atoms. The van der Waals surface area contributed by atoms with Crippen molar-refractivity contribution in [3.05, 3.63) is 118 Å². The molecule has 0 saturated heterocycles. The van der Waals surface area contributed by atoms with Crippen LogP contribution < -0.4 is 24.3 Å². The highest BCUT2D eigenvalue weighted by Gasteiger charge is 2.37. The van der Waals surface area contributed by atoms with E-state index >= 15 is 0 Å². The summed E-state index contributed by atoms with van der Waals surface area (Å²) >= 11 is 0. The number of rotatable bonds is 8. The van der Waals surface area contributed by atoms with E-state index in [1.165, 1.54) is 0 Å². The number of nitrogens with two attached hydrogens (primary N) is 1. The molecular formula is C47H60F3NO15S. The van der Waals surface area contributed by atoms with Crippen LogP contribution in [0.1, 0.15) is 43.0 Å². The summed E-state index contributed by atoms with van der Waals surface area (Å²) in [5.41, 5.74) is -0.325. The third kappa shape index (κ3) is 23.7. The second-order valence-electron chi connectivity index (χ2n) is 14.5. The van der Waals surface area contributed by atoms with Crippen LogP contribution >= 0.6 is 0 Å². The number of quaternary nitrogens is 1. The fourth-order valence-corrected chi connectivity index (χ4v) is 5.83. The standard InChI is InChI=1S/C24H32O8.C22H27NO4.CHF3O3S/c1-2-6-22-21(5-1)29-17-13-25-9-10-27-15-19-31-23-7-3-4-8-24(23)32-20-16-28-12-11-26-14-18-30-22;1-15-9-16(2)12-19(11-15)21(24)26-7-5-23-6-8-27-22(25)20-13-17(3)10-18(4)14-20;2-1(3,4)8(5,6)7/h1-8H,9-20H2;9-14,23H,5-8H2,1-4H3;(H,5,6,7). The van der Waals surface area contributed by atoms with E-state index in [4.69, 9.17) is 60.3 Å². The zero-order valence-corrected chi connectivity index (χ0v) is 39.0. The minimum atomic E-state index is -6.09. The molecule has 1 aliphatic rings. The Labute approximate surface area is 389 Å². The zero-order chi connectivity index (χ0) is 48.9. The van der Waals surface area contributed by atoms with Crippen LogP contribution in [0.4, 0.5) is 13.2 Å². The van der Waals surface area contributed by atoms with Gasteiger partial charge in [-0.3, -0.25) is 0 Å². The molecule has 370 valence electrons. The maximum absolute atomic E-state index is 12.0. The summed E-state index contributed by atoms with van der Waals surface area (Å²) < 4.78 is 115. The van der Waals surface area contributed by atoms with Crippen molar-refractivity contribution in [2.24, 2.45) is 0 Å². The number of halogens is 3. The molecule has 0 radical (unpaired) electrons. The summed E-state index contributed by atoms with van der Waals surface area (Å²) in [6, 6.07) is 26.5. The molecule has 0 unspecified atom stereocenters. The Morgan fingerprint density at radius 2 is 0.776 bits per heavy atom. The van der Waals surface area contributed by atoms with Gasteiger partial charge in [0.2, 0.25) is 0 Å². The first-order chi connectivity index (χ1) is 32.0. The average Bonchev–Trinajstić information content (AvgIpc) is 3.26. The lowest BCUT2D eigenvalue weighted by atomic mass is 10.1. The highest BCUT2D eigenvalue weighted by Crippen LogP contribution is 2.27. The summed E-state index contributed by atoms with van der Waals surface area (Å²) in [5.74, 6) is 2.11. The Bertz CT molecular complexity index is 1960. The van der Waals surface area contributed by atoms with Gasteiger partial charge in [0, 0.05) is 0 Å². The first-order valence-electron chi connectivity index (χ1n) is 21.4. The number of ether oxygens (including phenoxy) is 10. The molecule has 4 aromatic carbocycles. The van der Waals surface area contributed by atoms with Crippen molar-refractivity contribution in [3.63, 3.8) is 0 Å². The van der Waals surface area contributed by atoms with Crippen molar-refractivity contribution in [2.45, 2.75) is 33.2 Å². The van der Waals surface area contributed by atoms with Gasteiger partial charge in [-0.25, -0.2) is 18.0 Å². The van der Waals surface area contributed by atoms with E-state index < -0.39 is 15.6 Å². The molecule has 0 spiro atoms. The SMILES string of the molecule is Cc1cc(C)cc(C(=O)OCC[NH2+]CCOC(=O)c2cc(C)cc(C)c2)c1.O=S(=O)([O-])C(F)(F)F.c1ccc2c(c1)OCCOCCOCCOc1ccccc1OCCOCCOCCO2. The first-order valence-corrected chi connectivity index (χ1v) is 22.8. The van der Waals surface area contributed by atoms with Crippen LogP contribution in [0.3, 0.4) is 0 Å². The largest absolute Gasteiger partial charge is 0.741 e. The van der Waals surface area contributed by atoms with Crippen LogP contribution in [0, 0.1) is 27.7 Å². The van der Waals surface area contributed by atoms with Gasteiger partial charge < -0.3 is 57.2 Å². The average molecular weight is 968 g/mol. The van der Waals surface area contributed by atoms with Gasteiger partial charge in [-0.05, 0) is 76.2 Å². The second kappa shape index (κ2) is 30.7. The third-order valence-electron chi connectivity index (χ3n) is 8.69. The Morgan fingerprint density at radius 1 is 0.522 bits per heavy atom. The molecule has 0 atom stereocenters. The summed E-state index contributed by atoms with van der Waals surface area (Å²) in [6.45, 7) is 15.2. The van der Waals surface area contributed by atoms with Crippen LogP contribution in [0.2, 0.25) is 0 Å². The number of fused-ring (bicyclic) bond motifs is 2. The summed E-state index contributed by atoms with van der Waals surface area (Å²) in [5, 5.41) is 1.96. The summed E-state index contributed by atoms with van der Waals surface area (Å²) in [4.78, 5) is 24.1. The minimum absolute atomic E-state index is 0.309. The fraction of sp³-hybridized carbons (Fsp3) is 0.447. The van der Waals surface area contributed by atoms with Crippen LogP contribution in [0.15, 0.2) is 84.9 Å². The van der Waals surface area contributed by atoms with Crippen LogP contribution in [-0.2, 0) is 38.5 Å². The fourth-order valence-electron chi connectivity index (χ4n) is 5.83. The maximum Gasteiger partial charge on any atom is 0.485 e. The van der Waals surface area contributed by atoms with Gasteiger partial charge in [-0.1, -0.05) is 58.7 Å². The highest BCUT2D eigenvalue weighted by molar-refractivity contribution is 7.86. The minimum Gasteiger partial charge on any atom is -0.741 e. The molecule has 1 heterocycles. The van der Waals surface area contributed by atoms with Gasteiger partial charge in [0.15, 0.2) is 33.1 Å². The molecule has 0 amide bonds. The molecule has 0 fully saturated rings. The molecule has 5 rings (SSSR count). The van der Waals surface area contributed by atoms with Crippen molar-refractivity contribution in [1.29, 1.82) is 0 Å². The normalized spacial score (nSPS) is 14.6. The predicted octanol–water partition coefficient (Wildman–Crippen LogP) is 5.53. The predicted molar refractivity (Wildman–Crippen MR) is 238 cm³/mol. The van der Waals surface area contributed by atoms with Crippen molar-refractivity contribution in [2.75, 3.05) is 106 Å². The van der Waals surface area contributed by atoms with Gasteiger partial charge in [0.25, 0.3) is 0 Å². The molecule has 0 aromatic heterocycles. The monoisotopic (exact) mass is 967 g/mol. The Hall–Kier alpha value is -5.48. The Morgan fingerprint density at radius 3 is 1.03 bits per heavy atom. The number of alkyl halides is 3. The van der Waals surface area contributed by atoms with Gasteiger partial charge in [-0.15, -0.1) is 0 Å². The van der Waals surface area contributed by atoms with Gasteiger partial charge in [0.05, 0.1) is 64.0 Å². The molecule has 0 aliphatic carbocycles. The number of esters is 2. The van der Waals surface area contributed by atoms with Crippen LogP contribution in [-0.4, -0.2) is 136 Å². The van der Waals surface area contributed by atoms with Gasteiger partial charge in [0.1, 0.15) is 52.7 Å². The van der Waals surface area contributed by atoms with Gasteiger partial charge in [-0.2, -0.15) is 13.2 Å². The molecule has 4 aromatic rings. The second-order valence-corrected chi connectivity index (χ2v) is 15.9. The maximum atomic E-state index is 12.0. The third-order valence-corrected chi connectivity index (χ3v) is 9.26. The number of para-hydroxylation sites is 4. The number of hydrogen-bond acceptors (Lipinski definition) is 15. The van der Waals surface area contributed by atoms with Crippen molar-refractivity contribution in [3.8, 4) is 23.0 Å². The molecule has 2 N–H and O–H groups in total. The first kappa shape index (κ1) is 55.8. The highest BCUT2D eigenvalue weighted by atomic mass is 32.2. The molecule has 20 heteroatoms. The van der Waals surface area contributed by atoms with Crippen LogP contribution in [0.25, 0.3) is 0 Å². The molecule has 0 saturated carbocycles. The summed E-state index contributed by atoms with van der Waals surface area (Å²) in [7, 11) is -6.09. The van der Waals surface area contributed by atoms with Crippen molar-refractivity contribution in [1.82, 2.24) is 0 Å². The van der Waals surface area contributed by atoms with Crippen molar-refractivity contribution >= 4 is 22.1 Å². The van der Waals surface area contributed by atoms with E-state index in [-0.39, 0.29) is 11.9 Å². The molecular weight excluding hydrogens is 908 g/mol. The summed E-state index contributed by atoms with van der Waals surface area (Å²) in [6.07, 6.45) is 0. The van der Waals surface area contributed by atoms with Crippen molar-refractivity contribution < 1.29 is 88.4 Å². The molecule has 1 aliphatic heterocycles. The number of aryl methyl sites for hydroxylation is 4. The quantitative estimate of drug-likeness (QED) is 0.1000.